The van der Waals surface area contributed by atoms with E-state index in [1.54, 1.807) is 19.3 Å². The van der Waals surface area contributed by atoms with Crippen molar-refractivity contribution in [2.24, 2.45) is 0 Å². The highest BCUT2D eigenvalue weighted by Gasteiger charge is 2.04. The average Bonchev–Trinajstić information content (AvgIpc) is 2.56. The lowest BCUT2D eigenvalue weighted by atomic mass is 10.00. The van der Waals surface area contributed by atoms with Crippen molar-refractivity contribution in [2.75, 3.05) is 0 Å². The van der Waals surface area contributed by atoms with Gasteiger partial charge in [-0.1, -0.05) is 30.4 Å². The van der Waals surface area contributed by atoms with Crippen molar-refractivity contribution in [3.63, 3.8) is 0 Å². The predicted molar refractivity (Wildman–Crippen MR) is 94.8 cm³/mol. The minimum Gasteiger partial charge on any atom is -0.248 e. The molecule has 23 heavy (non-hydrogen) atoms. The SMILES string of the molecule is C=CCc1cc(-c2ncccn2)ccc1C=CCCCC(C)F. The number of alkyl halides is 1. The minimum atomic E-state index is -0.718. The van der Waals surface area contributed by atoms with Crippen LogP contribution in [0.4, 0.5) is 4.39 Å². The van der Waals surface area contributed by atoms with Crippen molar-refractivity contribution in [3.05, 3.63) is 66.5 Å². The van der Waals surface area contributed by atoms with Crippen LogP contribution in [-0.4, -0.2) is 16.1 Å². The average molecular weight is 310 g/mol. The van der Waals surface area contributed by atoms with E-state index in [2.05, 4.69) is 40.8 Å². The largest absolute Gasteiger partial charge is 0.248 e. The maximum atomic E-state index is 12.8. The summed E-state index contributed by atoms with van der Waals surface area (Å²) in [6.07, 6.45) is 12.1. The van der Waals surface area contributed by atoms with Crippen molar-refractivity contribution in [1.82, 2.24) is 9.97 Å². The number of unbranched alkanes of at least 4 members (excludes halogenated alkanes) is 1. The van der Waals surface area contributed by atoms with Gasteiger partial charge in [-0.25, -0.2) is 14.4 Å². The number of allylic oxidation sites excluding steroid dienone is 2. The number of halogens is 1. The summed E-state index contributed by atoms with van der Waals surface area (Å²) >= 11 is 0. The highest BCUT2D eigenvalue weighted by Crippen LogP contribution is 2.21. The van der Waals surface area contributed by atoms with Crippen LogP contribution in [0.15, 0.2) is 55.4 Å². The molecule has 0 spiro atoms. The lowest BCUT2D eigenvalue weighted by Crippen LogP contribution is -1.92. The summed E-state index contributed by atoms with van der Waals surface area (Å²) < 4.78 is 12.8. The summed E-state index contributed by atoms with van der Waals surface area (Å²) in [7, 11) is 0. The zero-order valence-electron chi connectivity index (χ0n) is 13.6. The van der Waals surface area contributed by atoms with Crippen molar-refractivity contribution in [1.29, 1.82) is 0 Å². The van der Waals surface area contributed by atoms with E-state index < -0.39 is 6.17 Å². The zero-order chi connectivity index (χ0) is 16.5. The summed E-state index contributed by atoms with van der Waals surface area (Å²) in [5.41, 5.74) is 3.36. The Bertz CT molecular complexity index is 648. The molecule has 2 nitrogen and oxygen atoms in total. The molecule has 0 aliphatic rings. The van der Waals surface area contributed by atoms with Crippen molar-refractivity contribution >= 4 is 6.08 Å². The molecule has 1 atom stereocenters. The van der Waals surface area contributed by atoms with Crippen LogP contribution in [0.5, 0.6) is 0 Å². The summed E-state index contributed by atoms with van der Waals surface area (Å²) in [4.78, 5) is 8.58. The van der Waals surface area contributed by atoms with Gasteiger partial charge in [0.2, 0.25) is 0 Å². The maximum absolute atomic E-state index is 12.8. The second kappa shape index (κ2) is 8.99. The predicted octanol–water partition coefficient (Wildman–Crippen LogP) is 5.41. The first-order chi connectivity index (χ1) is 11.2. The molecule has 3 heteroatoms. The van der Waals surface area contributed by atoms with Gasteiger partial charge in [-0.2, -0.15) is 0 Å². The van der Waals surface area contributed by atoms with Gasteiger partial charge in [-0.05, 0) is 55.9 Å². The molecule has 0 amide bonds. The number of hydrogen-bond acceptors (Lipinski definition) is 2. The van der Waals surface area contributed by atoms with Crippen molar-refractivity contribution < 1.29 is 4.39 Å². The minimum absolute atomic E-state index is 0.619. The third kappa shape index (κ3) is 5.44. The topological polar surface area (TPSA) is 25.8 Å². The van der Waals surface area contributed by atoms with E-state index in [0.717, 1.165) is 36.2 Å². The molecular formula is C20H23FN2. The molecule has 1 unspecified atom stereocenters. The number of benzene rings is 1. The molecule has 0 fully saturated rings. The fraction of sp³-hybridized carbons (Fsp3) is 0.300. The Kier molecular flexibility index (Phi) is 6.67. The normalized spacial score (nSPS) is 12.4. The Morgan fingerprint density at radius 3 is 2.74 bits per heavy atom. The summed E-state index contributed by atoms with van der Waals surface area (Å²) in [5.74, 6) is 0.727. The van der Waals surface area contributed by atoms with Gasteiger partial charge < -0.3 is 0 Å². The van der Waals surface area contributed by atoms with Gasteiger partial charge in [-0.15, -0.1) is 6.58 Å². The van der Waals surface area contributed by atoms with E-state index >= 15 is 0 Å². The fourth-order valence-electron chi connectivity index (χ4n) is 2.42. The van der Waals surface area contributed by atoms with Gasteiger partial charge in [0.05, 0.1) is 6.17 Å². The first-order valence-corrected chi connectivity index (χ1v) is 8.02. The van der Waals surface area contributed by atoms with E-state index in [1.807, 2.05) is 18.2 Å². The maximum Gasteiger partial charge on any atom is 0.159 e. The molecule has 0 aliphatic heterocycles. The molecule has 1 heterocycles. The standard InChI is InChI=1S/C20H23FN2/c1-3-8-18-15-19(20-22-13-7-14-23-20)12-11-17(18)10-6-4-5-9-16(2)21/h3,6-7,10-16H,1,4-5,8-9H2,2H3. The third-order valence-electron chi connectivity index (χ3n) is 3.60. The highest BCUT2D eigenvalue weighted by molar-refractivity contribution is 5.63. The van der Waals surface area contributed by atoms with E-state index in [-0.39, 0.29) is 0 Å². The first kappa shape index (κ1) is 17.1. The molecule has 2 rings (SSSR count). The Labute approximate surface area is 137 Å². The summed E-state index contributed by atoms with van der Waals surface area (Å²) in [5, 5.41) is 0. The Hall–Kier alpha value is -2.29. The fourth-order valence-corrected chi connectivity index (χ4v) is 2.42. The van der Waals surface area contributed by atoms with E-state index in [0.29, 0.717) is 6.42 Å². The number of rotatable bonds is 8. The monoisotopic (exact) mass is 310 g/mol. The number of hydrogen-bond donors (Lipinski definition) is 0. The lowest BCUT2D eigenvalue weighted by molar-refractivity contribution is 0.335. The second-order valence-corrected chi connectivity index (χ2v) is 5.59. The van der Waals surface area contributed by atoms with Crippen LogP contribution < -0.4 is 0 Å². The van der Waals surface area contributed by atoms with Gasteiger partial charge >= 0.3 is 0 Å². The van der Waals surface area contributed by atoms with Gasteiger partial charge in [-0.3, -0.25) is 0 Å². The molecule has 0 saturated heterocycles. The molecule has 0 radical (unpaired) electrons. The van der Waals surface area contributed by atoms with Crippen LogP contribution in [0.25, 0.3) is 17.5 Å². The zero-order valence-corrected chi connectivity index (χ0v) is 13.6. The highest BCUT2D eigenvalue weighted by atomic mass is 19.1. The van der Waals surface area contributed by atoms with Crippen LogP contribution in [-0.2, 0) is 6.42 Å². The van der Waals surface area contributed by atoms with E-state index in [1.165, 1.54) is 5.56 Å². The smallest absolute Gasteiger partial charge is 0.159 e. The van der Waals surface area contributed by atoms with E-state index in [4.69, 9.17) is 0 Å². The molecule has 0 N–H and O–H groups in total. The first-order valence-electron chi connectivity index (χ1n) is 8.02. The summed E-state index contributed by atoms with van der Waals surface area (Å²) in [6, 6.07) is 8.04. The molecule has 1 aromatic carbocycles. The van der Waals surface area contributed by atoms with E-state index in [9.17, 15) is 4.39 Å². The van der Waals surface area contributed by atoms with Crippen LogP contribution in [0.3, 0.4) is 0 Å². The van der Waals surface area contributed by atoms with Crippen LogP contribution >= 0.6 is 0 Å². The van der Waals surface area contributed by atoms with Gasteiger partial charge in [0, 0.05) is 18.0 Å². The molecule has 2 aromatic rings. The van der Waals surface area contributed by atoms with Crippen LogP contribution in [0, 0.1) is 0 Å². The molecule has 120 valence electrons. The van der Waals surface area contributed by atoms with Crippen molar-refractivity contribution in [3.8, 4) is 11.4 Å². The Balaban J connectivity index is 2.13. The molecular weight excluding hydrogens is 287 g/mol. The summed E-state index contributed by atoms with van der Waals surface area (Å²) in [6.45, 7) is 5.44. The molecule has 0 bridgehead atoms. The Morgan fingerprint density at radius 2 is 2.04 bits per heavy atom. The molecule has 0 aliphatic carbocycles. The van der Waals surface area contributed by atoms with Crippen LogP contribution in [0.2, 0.25) is 0 Å². The van der Waals surface area contributed by atoms with Crippen LogP contribution in [0.1, 0.15) is 37.3 Å². The van der Waals surface area contributed by atoms with Crippen molar-refractivity contribution in [2.45, 2.75) is 38.8 Å². The number of nitrogens with zero attached hydrogens (tertiary/aromatic N) is 2. The molecule has 0 saturated carbocycles. The van der Waals surface area contributed by atoms with Gasteiger partial charge in [0.25, 0.3) is 0 Å². The van der Waals surface area contributed by atoms with Gasteiger partial charge in [0.1, 0.15) is 0 Å². The number of aromatic nitrogens is 2. The second-order valence-electron chi connectivity index (χ2n) is 5.59. The Morgan fingerprint density at radius 1 is 1.26 bits per heavy atom. The van der Waals surface area contributed by atoms with Gasteiger partial charge in [0.15, 0.2) is 5.82 Å². The third-order valence-corrected chi connectivity index (χ3v) is 3.60. The molecule has 1 aromatic heterocycles. The quantitative estimate of drug-likeness (QED) is 0.481. The lowest BCUT2D eigenvalue weighted by Gasteiger charge is -2.07.